The summed E-state index contributed by atoms with van der Waals surface area (Å²) in [6, 6.07) is 8.12. The molecule has 1 aliphatic rings. The topological polar surface area (TPSA) is 66.4 Å². The van der Waals surface area contributed by atoms with Gasteiger partial charge in [-0.05, 0) is 30.2 Å². The summed E-state index contributed by atoms with van der Waals surface area (Å²) in [6.07, 6.45) is -2.31. The van der Waals surface area contributed by atoms with Gasteiger partial charge < -0.3 is 9.80 Å². The third-order valence-electron chi connectivity index (χ3n) is 4.99. The van der Waals surface area contributed by atoms with E-state index in [-0.39, 0.29) is 22.7 Å². The van der Waals surface area contributed by atoms with Crippen molar-refractivity contribution in [3.8, 4) is 0 Å². The molecule has 10 heteroatoms. The van der Waals surface area contributed by atoms with Crippen molar-refractivity contribution in [2.45, 2.75) is 31.0 Å². The van der Waals surface area contributed by atoms with Crippen LogP contribution in [0.1, 0.15) is 19.7 Å². The number of piperazine rings is 1. The van der Waals surface area contributed by atoms with Gasteiger partial charge in [-0.25, -0.2) is 18.4 Å². The Bertz CT molecular complexity index is 979. The van der Waals surface area contributed by atoms with E-state index >= 15 is 0 Å². The number of anilines is 2. The van der Waals surface area contributed by atoms with Crippen molar-refractivity contribution < 1.29 is 21.6 Å². The summed E-state index contributed by atoms with van der Waals surface area (Å²) < 4.78 is 62.7. The Labute approximate surface area is 168 Å². The molecule has 3 rings (SSSR count). The zero-order valence-corrected chi connectivity index (χ0v) is 17.2. The van der Waals surface area contributed by atoms with Crippen molar-refractivity contribution in [2.75, 3.05) is 35.7 Å². The summed E-state index contributed by atoms with van der Waals surface area (Å²) >= 11 is 0. The van der Waals surface area contributed by atoms with E-state index in [1.807, 2.05) is 24.8 Å². The van der Waals surface area contributed by atoms with Gasteiger partial charge in [-0.15, -0.1) is 0 Å². The van der Waals surface area contributed by atoms with Crippen LogP contribution in [0.2, 0.25) is 0 Å². The first-order valence-electron chi connectivity index (χ1n) is 9.19. The largest absolute Gasteiger partial charge is 0.451 e. The zero-order valence-electron chi connectivity index (χ0n) is 16.4. The van der Waals surface area contributed by atoms with Crippen LogP contribution in [0, 0.1) is 5.92 Å². The molecule has 0 saturated carbocycles. The smallest absolute Gasteiger partial charge is 0.368 e. The molecule has 1 fully saturated rings. The van der Waals surface area contributed by atoms with Gasteiger partial charge in [-0.2, -0.15) is 13.2 Å². The average molecular weight is 428 g/mol. The van der Waals surface area contributed by atoms with Gasteiger partial charge in [0.1, 0.15) is 5.82 Å². The quantitative estimate of drug-likeness (QED) is 0.745. The summed E-state index contributed by atoms with van der Waals surface area (Å²) in [5.41, 5.74) is 0.775. The van der Waals surface area contributed by atoms with Gasteiger partial charge in [0.25, 0.3) is 0 Å². The fourth-order valence-corrected chi connectivity index (χ4v) is 4.12. The second-order valence-corrected chi connectivity index (χ2v) is 9.47. The molecule has 1 unspecified atom stereocenters. The Morgan fingerprint density at radius 1 is 1.17 bits per heavy atom. The van der Waals surface area contributed by atoms with Crippen LogP contribution in [-0.4, -0.2) is 50.3 Å². The lowest BCUT2D eigenvalue weighted by atomic mass is 9.99. The van der Waals surface area contributed by atoms with Crippen LogP contribution in [0.5, 0.6) is 0 Å². The maximum atomic E-state index is 13.0. The van der Waals surface area contributed by atoms with Crippen molar-refractivity contribution in [1.29, 1.82) is 0 Å². The number of sulfone groups is 1. The molecule has 1 aliphatic heterocycles. The first-order valence-corrected chi connectivity index (χ1v) is 11.1. The molecule has 0 spiro atoms. The maximum absolute atomic E-state index is 13.0. The van der Waals surface area contributed by atoms with Gasteiger partial charge >= 0.3 is 6.18 Å². The summed E-state index contributed by atoms with van der Waals surface area (Å²) in [5.74, 6) is -0.767. The predicted molar refractivity (Wildman–Crippen MR) is 105 cm³/mol. The molecular formula is C19H23F3N4O2S. The Balaban J connectivity index is 1.88. The highest BCUT2D eigenvalue weighted by Crippen LogP contribution is 2.30. The lowest BCUT2D eigenvalue weighted by molar-refractivity contribution is -0.144. The Morgan fingerprint density at radius 2 is 1.90 bits per heavy atom. The van der Waals surface area contributed by atoms with Crippen LogP contribution in [-0.2, 0) is 16.0 Å². The van der Waals surface area contributed by atoms with Crippen molar-refractivity contribution >= 4 is 21.3 Å². The molecule has 0 amide bonds. The summed E-state index contributed by atoms with van der Waals surface area (Å²) in [4.78, 5) is 11.2. The molecule has 2 heterocycles. The number of nitrogens with zero attached hydrogens (tertiary/aromatic N) is 4. The number of halogens is 3. The molecule has 1 aromatic carbocycles. The third kappa shape index (κ3) is 4.80. The standard InChI is InChI=1S/C19H23F3N4O2S/c1-13(2)16-12-25(14-5-4-6-15(11-14)29(3,27)28)9-10-26(16)17-7-8-23-18(24-17)19(20,21)22/h4-8,11,13,16H,9-10,12H2,1-3H3. The number of rotatable bonds is 4. The third-order valence-corrected chi connectivity index (χ3v) is 6.10. The number of hydrogen-bond acceptors (Lipinski definition) is 6. The van der Waals surface area contributed by atoms with Crippen LogP contribution in [0.15, 0.2) is 41.4 Å². The van der Waals surface area contributed by atoms with Crippen LogP contribution in [0.4, 0.5) is 24.7 Å². The van der Waals surface area contributed by atoms with E-state index in [1.54, 1.807) is 18.2 Å². The van der Waals surface area contributed by atoms with E-state index in [0.717, 1.165) is 18.1 Å². The van der Waals surface area contributed by atoms with Crippen molar-refractivity contribution in [2.24, 2.45) is 5.92 Å². The second kappa shape index (κ2) is 7.81. The minimum atomic E-state index is -4.60. The Hall–Kier alpha value is -2.36. The molecule has 2 aromatic rings. The Kier molecular flexibility index (Phi) is 5.75. The van der Waals surface area contributed by atoms with Gasteiger partial charge in [-0.1, -0.05) is 19.9 Å². The minimum Gasteiger partial charge on any atom is -0.368 e. The first kappa shape index (κ1) is 21.4. The van der Waals surface area contributed by atoms with E-state index in [0.29, 0.717) is 19.6 Å². The molecule has 0 N–H and O–H groups in total. The lowest BCUT2D eigenvalue weighted by Crippen LogP contribution is -2.56. The normalized spacial score (nSPS) is 18.4. The number of aromatic nitrogens is 2. The lowest BCUT2D eigenvalue weighted by Gasteiger charge is -2.45. The molecule has 158 valence electrons. The fraction of sp³-hybridized carbons (Fsp3) is 0.474. The van der Waals surface area contributed by atoms with Crippen LogP contribution in [0.25, 0.3) is 0 Å². The highest BCUT2D eigenvalue weighted by molar-refractivity contribution is 7.90. The molecule has 1 atom stereocenters. The van der Waals surface area contributed by atoms with Gasteiger partial charge in [-0.3, -0.25) is 0 Å². The highest BCUT2D eigenvalue weighted by Gasteiger charge is 2.36. The number of alkyl halides is 3. The molecule has 0 aliphatic carbocycles. The van der Waals surface area contributed by atoms with Gasteiger partial charge in [0.2, 0.25) is 5.82 Å². The summed E-state index contributed by atoms with van der Waals surface area (Å²) in [7, 11) is -3.33. The van der Waals surface area contributed by atoms with E-state index in [2.05, 4.69) is 14.9 Å². The SMILES string of the molecule is CC(C)C1CN(c2cccc(S(C)(=O)=O)c2)CCN1c1ccnc(C(F)(F)F)n1. The average Bonchev–Trinajstić information content (AvgIpc) is 2.66. The molecule has 6 nitrogen and oxygen atoms in total. The number of hydrogen-bond donors (Lipinski definition) is 0. The second-order valence-electron chi connectivity index (χ2n) is 7.46. The van der Waals surface area contributed by atoms with Crippen LogP contribution >= 0.6 is 0 Å². The van der Waals surface area contributed by atoms with Crippen molar-refractivity contribution in [1.82, 2.24) is 9.97 Å². The van der Waals surface area contributed by atoms with E-state index in [9.17, 15) is 21.6 Å². The monoisotopic (exact) mass is 428 g/mol. The fourth-order valence-electron chi connectivity index (χ4n) is 3.46. The Morgan fingerprint density at radius 3 is 2.52 bits per heavy atom. The van der Waals surface area contributed by atoms with Crippen molar-refractivity contribution in [3.63, 3.8) is 0 Å². The maximum Gasteiger partial charge on any atom is 0.451 e. The van der Waals surface area contributed by atoms with Gasteiger partial charge in [0.15, 0.2) is 9.84 Å². The van der Waals surface area contributed by atoms with Gasteiger partial charge in [0, 0.05) is 37.8 Å². The van der Waals surface area contributed by atoms with E-state index in [1.165, 1.54) is 6.07 Å². The van der Waals surface area contributed by atoms with Crippen LogP contribution in [0.3, 0.4) is 0 Å². The van der Waals surface area contributed by atoms with Crippen LogP contribution < -0.4 is 9.80 Å². The molecule has 0 bridgehead atoms. The first-order chi connectivity index (χ1) is 13.5. The highest BCUT2D eigenvalue weighted by atomic mass is 32.2. The minimum absolute atomic E-state index is 0.0957. The molecule has 0 radical (unpaired) electrons. The molecule has 1 aromatic heterocycles. The number of benzene rings is 1. The predicted octanol–water partition coefficient (Wildman–Crippen LogP) is 3.25. The summed E-state index contributed by atoms with van der Waals surface area (Å²) in [6.45, 7) is 5.53. The molecular weight excluding hydrogens is 405 g/mol. The zero-order chi connectivity index (χ0) is 21.4. The van der Waals surface area contributed by atoms with E-state index < -0.39 is 21.8 Å². The molecule has 1 saturated heterocycles. The van der Waals surface area contributed by atoms with Crippen molar-refractivity contribution in [3.05, 3.63) is 42.4 Å². The molecule has 29 heavy (non-hydrogen) atoms. The summed E-state index contributed by atoms with van der Waals surface area (Å²) in [5, 5.41) is 0. The van der Waals surface area contributed by atoms with E-state index in [4.69, 9.17) is 0 Å². The van der Waals surface area contributed by atoms with Gasteiger partial charge in [0.05, 0.1) is 10.9 Å².